The number of fused-ring (bicyclic) bond motifs is 1. The lowest BCUT2D eigenvalue weighted by atomic mass is 9.59. The number of likely N-dealkylation sites (tertiary alicyclic amines) is 1. The van der Waals surface area contributed by atoms with Crippen LogP contribution in [0, 0.1) is 11.8 Å². The van der Waals surface area contributed by atoms with E-state index in [4.69, 9.17) is 0 Å². The van der Waals surface area contributed by atoms with E-state index in [0.717, 1.165) is 11.8 Å². The highest BCUT2D eigenvalue weighted by Crippen LogP contribution is 2.49. The van der Waals surface area contributed by atoms with Gasteiger partial charge in [-0.3, -0.25) is 0 Å². The number of hydrogen-bond acceptors (Lipinski definition) is 1. The Morgan fingerprint density at radius 1 is 0.870 bits per heavy atom. The quantitative estimate of drug-likeness (QED) is 0.722. The predicted octanol–water partition coefficient (Wildman–Crippen LogP) is 5.40. The summed E-state index contributed by atoms with van der Waals surface area (Å²) in [5.41, 5.74) is 2.14. The zero-order chi connectivity index (χ0) is 15.5. The van der Waals surface area contributed by atoms with Gasteiger partial charge in [0.25, 0.3) is 0 Å². The highest BCUT2D eigenvalue weighted by Gasteiger charge is 2.45. The first kappa shape index (κ1) is 15.7. The van der Waals surface area contributed by atoms with Gasteiger partial charge < -0.3 is 4.90 Å². The van der Waals surface area contributed by atoms with Crippen LogP contribution in [0.15, 0.2) is 30.3 Å². The molecule has 3 aliphatic rings. The molecule has 1 aromatic carbocycles. The van der Waals surface area contributed by atoms with Crippen LogP contribution in [0.5, 0.6) is 0 Å². The molecule has 4 rings (SSSR count). The molecule has 1 heteroatoms. The topological polar surface area (TPSA) is 3.24 Å². The average Bonchev–Trinajstić information content (AvgIpc) is 2.63. The molecule has 2 saturated carbocycles. The molecule has 1 heterocycles. The van der Waals surface area contributed by atoms with Gasteiger partial charge in [-0.25, -0.2) is 0 Å². The lowest BCUT2D eigenvalue weighted by molar-refractivity contribution is 0.0440. The minimum atomic E-state index is 0.503. The molecule has 0 radical (unpaired) electrons. The summed E-state index contributed by atoms with van der Waals surface area (Å²) in [4.78, 5) is 2.84. The molecule has 2 atom stereocenters. The van der Waals surface area contributed by atoms with Crippen molar-refractivity contribution in [1.82, 2.24) is 4.90 Å². The molecule has 0 N–H and O–H groups in total. The van der Waals surface area contributed by atoms with Crippen molar-refractivity contribution in [3.63, 3.8) is 0 Å². The van der Waals surface area contributed by atoms with Crippen LogP contribution in [-0.4, -0.2) is 24.5 Å². The minimum Gasteiger partial charge on any atom is -0.303 e. The van der Waals surface area contributed by atoms with Crippen LogP contribution in [0.1, 0.15) is 69.8 Å². The Balaban J connectivity index is 1.47. The van der Waals surface area contributed by atoms with Crippen LogP contribution < -0.4 is 0 Å². The van der Waals surface area contributed by atoms with Crippen molar-refractivity contribution < 1.29 is 0 Å². The van der Waals surface area contributed by atoms with Crippen LogP contribution in [0.4, 0.5) is 0 Å². The molecule has 2 aliphatic carbocycles. The van der Waals surface area contributed by atoms with Gasteiger partial charge in [-0.2, -0.15) is 0 Å². The van der Waals surface area contributed by atoms with Gasteiger partial charge in [0.05, 0.1) is 0 Å². The third-order valence-electron chi connectivity index (χ3n) is 7.15. The monoisotopic (exact) mass is 311 g/mol. The molecule has 0 bridgehead atoms. The van der Waals surface area contributed by atoms with E-state index >= 15 is 0 Å². The highest BCUT2D eigenvalue weighted by atomic mass is 15.1. The third kappa shape index (κ3) is 3.22. The van der Waals surface area contributed by atoms with Crippen molar-refractivity contribution in [3.05, 3.63) is 35.9 Å². The van der Waals surface area contributed by atoms with E-state index in [2.05, 4.69) is 35.2 Å². The molecule has 3 fully saturated rings. The van der Waals surface area contributed by atoms with Gasteiger partial charge in [-0.15, -0.1) is 0 Å². The maximum atomic E-state index is 2.84. The van der Waals surface area contributed by atoms with Gasteiger partial charge in [0.1, 0.15) is 0 Å². The van der Waals surface area contributed by atoms with E-state index < -0.39 is 0 Å². The summed E-state index contributed by atoms with van der Waals surface area (Å²) in [5, 5.41) is 0. The Morgan fingerprint density at radius 3 is 2.48 bits per heavy atom. The Hall–Kier alpha value is -0.820. The van der Waals surface area contributed by atoms with Crippen molar-refractivity contribution in [3.8, 4) is 0 Å². The first-order chi connectivity index (χ1) is 11.4. The molecule has 1 aromatic rings. The second kappa shape index (κ2) is 6.97. The minimum absolute atomic E-state index is 0.503. The van der Waals surface area contributed by atoms with Gasteiger partial charge in [0.2, 0.25) is 0 Å². The Kier molecular flexibility index (Phi) is 4.76. The van der Waals surface area contributed by atoms with Crippen LogP contribution in [0.25, 0.3) is 0 Å². The van der Waals surface area contributed by atoms with Crippen LogP contribution in [0.2, 0.25) is 0 Å². The second-order valence-electron chi connectivity index (χ2n) is 8.48. The van der Waals surface area contributed by atoms with Crippen molar-refractivity contribution in [2.75, 3.05) is 19.6 Å². The first-order valence-corrected chi connectivity index (χ1v) is 10.1. The first-order valence-electron chi connectivity index (χ1n) is 10.1. The van der Waals surface area contributed by atoms with Crippen molar-refractivity contribution in [1.29, 1.82) is 0 Å². The molecule has 0 spiro atoms. The summed E-state index contributed by atoms with van der Waals surface area (Å²) < 4.78 is 0. The van der Waals surface area contributed by atoms with E-state index in [1.807, 2.05) is 0 Å². The van der Waals surface area contributed by atoms with Gasteiger partial charge in [-0.1, -0.05) is 62.4 Å². The molecule has 0 aromatic heterocycles. The standard InChI is InChI=1S/C22H33N/c1-3-9-19(10-4-1)17-23-16-15-22(20-11-5-2-6-12-20)14-8-7-13-21(22)18-23/h2,5-6,11-12,19,21H,1,3-4,7-10,13-18H2/t21-,22-/m1/s1. The summed E-state index contributed by atoms with van der Waals surface area (Å²) in [6, 6.07) is 11.5. The van der Waals surface area contributed by atoms with E-state index in [-0.39, 0.29) is 0 Å². The number of rotatable bonds is 3. The Morgan fingerprint density at radius 2 is 1.65 bits per heavy atom. The molecule has 1 aliphatic heterocycles. The molecule has 126 valence electrons. The van der Waals surface area contributed by atoms with E-state index in [1.54, 1.807) is 5.56 Å². The SMILES string of the molecule is c1ccc([C@]23CCCC[C@@H]2CN(CC2CCCCC2)CC3)cc1. The second-order valence-corrected chi connectivity index (χ2v) is 8.48. The predicted molar refractivity (Wildman–Crippen MR) is 97.7 cm³/mol. The van der Waals surface area contributed by atoms with Crippen LogP contribution >= 0.6 is 0 Å². The number of benzene rings is 1. The van der Waals surface area contributed by atoms with Crippen molar-refractivity contribution in [2.45, 2.75) is 69.6 Å². The zero-order valence-corrected chi connectivity index (χ0v) is 14.7. The summed E-state index contributed by atoms with van der Waals surface area (Å²) in [6.45, 7) is 4.09. The number of nitrogens with zero attached hydrogens (tertiary/aromatic N) is 1. The van der Waals surface area contributed by atoms with Gasteiger partial charge in [-0.05, 0) is 56.0 Å². The van der Waals surface area contributed by atoms with Crippen LogP contribution in [0.3, 0.4) is 0 Å². The van der Waals surface area contributed by atoms with Gasteiger partial charge >= 0.3 is 0 Å². The molecule has 23 heavy (non-hydrogen) atoms. The molecular formula is C22H33N. The van der Waals surface area contributed by atoms with Crippen molar-refractivity contribution in [2.24, 2.45) is 11.8 Å². The lowest BCUT2D eigenvalue weighted by Gasteiger charge is -2.52. The third-order valence-corrected chi connectivity index (χ3v) is 7.15. The fraction of sp³-hybridized carbons (Fsp3) is 0.727. The maximum Gasteiger partial charge on any atom is 0.00183 e. The molecule has 1 saturated heterocycles. The zero-order valence-electron chi connectivity index (χ0n) is 14.7. The lowest BCUT2D eigenvalue weighted by Crippen LogP contribution is -2.52. The largest absolute Gasteiger partial charge is 0.303 e. The summed E-state index contributed by atoms with van der Waals surface area (Å²) in [5.74, 6) is 1.90. The maximum absolute atomic E-state index is 2.84. The van der Waals surface area contributed by atoms with E-state index in [1.165, 1.54) is 83.8 Å². The van der Waals surface area contributed by atoms with E-state index in [9.17, 15) is 0 Å². The normalized spacial score (nSPS) is 33.3. The van der Waals surface area contributed by atoms with Crippen LogP contribution in [-0.2, 0) is 5.41 Å². The Bertz CT molecular complexity index is 490. The fourth-order valence-corrected chi connectivity index (χ4v) is 5.86. The van der Waals surface area contributed by atoms with Gasteiger partial charge in [0, 0.05) is 18.5 Å². The summed E-state index contributed by atoms with van der Waals surface area (Å²) >= 11 is 0. The molecule has 0 amide bonds. The molecule has 1 nitrogen and oxygen atoms in total. The average molecular weight is 312 g/mol. The smallest absolute Gasteiger partial charge is 0.00183 e. The summed E-state index contributed by atoms with van der Waals surface area (Å²) in [6.07, 6.45) is 14.6. The van der Waals surface area contributed by atoms with Crippen molar-refractivity contribution >= 4 is 0 Å². The number of piperidine rings is 1. The number of hydrogen-bond donors (Lipinski definition) is 0. The fourth-order valence-electron chi connectivity index (χ4n) is 5.86. The van der Waals surface area contributed by atoms with Gasteiger partial charge in [0.15, 0.2) is 0 Å². The highest BCUT2D eigenvalue weighted by molar-refractivity contribution is 5.28. The molecular weight excluding hydrogens is 278 g/mol. The Labute approximate surface area is 142 Å². The van der Waals surface area contributed by atoms with E-state index in [0.29, 0.717) is 5.41 Å². The molecule has 0 unspecified atom stereocenters. The summed E-state index contributed by atoms with van der Waals surface area (Å²) in [7, 11) is 0.